The highest BCUT2D eigenvalue weighted by molar-refractivity contribution is 6.37. The summed E-state index contributed by atoms with van der Waals surface area (Å²) in [5.74, 6) is -4.73. The Bertz CT molecular complexity index is 972. The summed E-state index contributed by atoms with van der Waals surface area (Å²) < 4.78 is 33.6. The first kappa shape index (κ1) is 20.6. The predicted octanol–water partition coefficient (Wildman–Crippen LogP) is 1.69. The van der Waals surface area contributed by atoms with E-state index in [2.05, 4.69) is 10.3 Å². The van der Waals surface area contributed by atoms with E-state index in [0.29, 0.717) is 9.59 Å². The predicted molar refractivity (Wildman–Crippen MR) is 94.9 cm³/mol. The van der Waals surface area contributed by atoms with Crippen LogP contribution in [0.25, 0.3) is 0 Å². The molecule has 0 radical (unpaired) electrons. The molecule has 3 rings (SSSR count). The smallest absolute Gasteiger partial charge is 0.351 e. The van der Waals surface area contributed by atoms with Gasteiger partial charge in [-0.05, 0) is 24.3 Å². The Kier molecular flexibility index (Phi) is 5.69. The summed E-state index contributed by atoms with van der Waals surface area (Å²) >= 11 is 11.7. The Morgan fingerprint density at radius 3 is 2.64 bits per heavy atom. The Hall–Kier alpha value is -2.11. The standard InChI is InChI=1S/C16H13Cl2F2N3O5/c17-7-1-2-8(9(18)5-7)13(26)21-11-3-4-23(15(27)22-11)14-16(19,20)12(25)10(6-24)28-14/h1-5,10,12,14,24-25H,6H2,(H,21,22,26,27). The molecule has 0 saturated carbocycles. The third kappa shape index (κ3) is 3.74. The number of nitrogens with zero attached hydrogens (tertiary/aromatic N) is 2. The van der Waals surface area contributed by atoms with Gasteiger partial charge in [-0.3, -0.25) is 9.36 Å². The summed E-state index contributed by atoms with van der Waals surface area (Å²) in [4.78, 5) is 27.9. The van der Waals surface area contributed by atoms with Crippen molar-refractivity contribution in [2.45, 2.75) is 24.4 Å². The lowest BCUT2D eigenvalue weighted by Crippen LogP contribution is -2.41. The maximum Gasteiger partial charge on any atom is 0.351 e. The van der Waals surface area contributed by atoms with Gasteiger partial charge in [-0.1, -0.05) is 23.2 Å². The van der Waals surface area contributed by atoms with Gasteiger partial charge in [-0.15, -0.1) is 0 Å². The summed E-state index contributed by atoms with van der Waals surface area (Å²) in [5.41, 5.74) is -1.09. The molecule has 8 nitrogen and oxygen atoms in total. The van der Waals surface area contributed by atoms with E-state index in [9.17, 15) is 23.5 Å². The fourth-order valence-corrected chi connectivity index (χ4v) is 3.13. The number of carbonyl (C=O) groups is 1. The van der Waals surface area contributed by atoms with Crippen LogP contribution in [0.1, 0.15) is 16.6 Å². The monoisotopic (exact) mass is 435 g/mol. The quantitative estimate of drug-likeness (QED) is 0.673. The third-order valence-electron chi connectivity index (χ3n) is 4.06. The maximum absolute atomic E-state index is 14.1. The minimum absolute atomic E-state index is 0.0663. The number of amides is 1. The summed E-state index contributed by atoms with van der Waals surface area (Å²) in [6.45, 7) is -0.856. The fourth-order valence-electron chi connectivity index (χ4n) is 2.64. The van der Waals surface area contributed by atoms with E-state index in [0.717, 1.165) is 12.3 Å². The second-order valence-electron chi connectivity index (χ2n) is 5.91. The minimum atomic E-state index is -3.83. The largest absolute Gasteiger partial charge is 0.394 e. The average molecular weight is 436 g/mol. The van der Waals surface area contributed by atoms with E-state index in [4.69, 9.17) is 33.0 Å². The molecule has 1 aromatic heterocycles. The number of rotatable bonds is 4. The number of hydrogen-bond donors (Lipinski definition) is 3. The number of carbonyl (C=O) groups excluding carboxylic acids is 1. The number of nitrogens with one attached hydrogen (secondary N) is 1. The number of benzene rings is 1. The lowest BCUT2D eigenvalue weighted by molar-refractivity contribution is -0.140. The van der Waals surface area contributed by atoms with Gasteiger partial charge in [0.1, 0.15) is 11.9 Å². The van der Waals surface area contributed by atoms with Gasteiger partial charge in [0, 0.05) is 11.2 Å². The first-order chi connectivity index (χ1) is 13.1. The minimum Gasteiger partial charge on any atom is -0.394 e. The summed E-state index contributed by atoms with van der Waals surface area (Å²) in [7, 11) is 0. The van der Waals surface area contributed by atoms with Crippen molar-refractivity contribution in [3.05, 3.63) is 56.6 Å². The number of ether oxygens (including phenoxy) is 1. The Labute approximate surface area is 166 Å². The third-order valence-corrected chi connectivity index (χ3v) is 4.61. The first-order valence-corrected chi connectivity index (χ1v) is 8.58. The number of anilines is 1. The Morgan fingerprint density at radius 2 is 2.07 bits per heavy atom. The van der Waals surface area contributed by atoms with E-state index in [1.807, 2.05) is 0 Å². The molecule has 3 unspecified atom stereocenters. The van der Waals surface area contributed by atoms with Crippen molar-refractivity contribution in [2.75, 3.05) is 11.9 Å². The zero-order chi connectivity index (χ0) is 20.6. The Morgan fingerprint density at radius 1 is 1.36 bits per heavy atom. The number of aromatic nitrogens is 2. The number of aliphatic hydroxyl groups excluding tert-OH is 2. The van der Waals surface area contributed by atoms with Crippen molar-refractivity contribution in [1.82, 2.24) is 9.55 Å². The van der Waals surface area contributed by atoms with Crippen LogP contribution in [0.5, 0.6) is 0 Å². The van der Waals surface area contributed by atoms with Crippen molar-refractivity contribution < 1.29 is 28.5 Å². The zero-order valence-corrected chi connectivity index (χ0v) is 15.4. The lowest BCUT2D eigenvalue weighted by Gasteiger charge is -2.21. The van der Waals surface area contributed by atoms with E-state index in [-0.39, 0.29) is 16.4 Å². The van der Waals surface area contributed by atoms with Crippen molar-refractivity contribution in [3.63, 3.8) is 0 Å². The second kappa shape index (κ2) is 7.72. The van der Waals surface area contributed by atoms with E-state index in [1.165, 1.54) is 18.2 Å². The van der Waals surface area contributed by atoms with Crippen LogP contribution in [0, 0.1) is 0 Å². The lowest BCUT2D eigenvalue weighted by atomic mass is 10.1. The molecular weight excluding hydrogens is 423 g/mol. The van der Waals surface area contributed by atoms with E-state index in [1.54, 1.807) is 0 Å². The van der Waals surface area contributed by atoms with Crippen molar-refractivity contribution in [3.8, 4) is 0 Å². The molecule has 3 atom stereocenters. The zero-order valence-electron chi connectivity index (χ0n) is 13.9. The van der Waals surface area contributed by atoms with E-state index < -0.39 is 42.6 Å². The van der Waals surface area contributed by atoms with E-state index >= 15 is 0 Å². The normalized spacial score (nSPS) is 23.6. The number of alkyl halides is 2. The highest BCUT2D eigenvalue weighted by Crippen LogP contribution is 2.41. The van der Waals surface area contributed by atoms with Crippen LogP contribution in [0.3, 0.4) is 0 Å². The van der Waals surface area contributed by atoms with Gasteiger partial charge in [0.2, 0.25) is 6.23 Å². The molecule has 12 heteroatoms. The molecule has 1 aliphatic heterocycles. The molecule has 1 saturated heterocycles. The molecule has 1 fully saturated rings. The molecule has 1 aromatic carbocycles. The molecule has 0 bridgehead atoms. The fraction of sp³-hybridized carbons (Fsp3) is 0.312. The highest BCUT2D eigenvalue weighted by Gasteiger charge is 2.59. The summed E-state index contributed by atoms with van der Waals surface area (Å²) in [5, 5.41) is 21.3. The topological polar surface area (TPSA) is 114 Å². The van der Waals surface area contributed by atoms with Crippen molar-refractivity contribution in [2.24, 2.45) is 0 Å². The van der Waals surface area contributed by atoms with Gasteiger partial charge in [0.05, 0.1) is 17.2 Å². The number of aliphatic hydroxyl groups is 2. The van der Waals surface area contributed by atoms with Crippen LogP contribution < -0.4 is 11.0 Å². The van der Waals surface area contributed by atoms with Crippen LogP contribution in [-0.2, 0) is 4.74 Å². The molecule has 3 N–H and O–H groups in total. The van der Waals surface area contributed by atoms with Gasteiger partial charge in [0.25, 0.3) is 5.91 Å². The first-order valence-electron chi connectivity index (χ1n) is 7.83. The van der Waals surface area contributed by atoms with Gasteiger partial charge in [0.15, 0.2) is 6.10 Å². The SMILES string of the molecule is O=C(Nc1ccn(C2OC(CO)C(O)C2(F)F)c(=O)n1)c1ccc(Cl)cc1Cl. The van der Waals surface area contributed by atoms with Gasteiger partial charge in [-0.2, -0.15) is 13.8 Å². The molecule has 2 aromatic rings. The van der Waals surface area contributed by atoms with Crippen molar-refractivity contribution >= 4 is 34.9 Å². The molecule has 150 valence electrons. The molecule has 1 amide bonds. The molecular formula is C16H13Cl2F2N3O5. The van der Waals surface area contributed by atoms with Gasteiger partial charge < -0.3 is 20.3 Å². The van der Waals surface area contributed by atoms with Crippen LogP contribution in [0.2, 0.25) is 10.0 Å². The molecule has 2 heterocycles. The van der Waals surface area contributed by atoms with Crippen molar-refractivity contribution in [1.29, 1.82) is 0 Å². The molecule has 0 aliphatic carbocycles. The number of hydrogen-bond acceptors (Lipinski definition) is 6. The molecule has 1 aliphatic rings. The Balaban J connectivity index is 1.83. The van der Waals surface area contributed by atoms with Gasteiger partial charge in [-0.25, -0.2) is 4.79 Å². The number of halogens is 4. The van der Waals surface area contributed by atoms with Crippen LogP contribution in [0.15, 0.2) is 35.3 Å². The molecule has 0 spiro atoms. The van der Waals surface area contributed by atoms with Crippen LogP contribution in [-0.4, -0.2) is 50.4 Å². The van der Waals surface area contributed by atoms with Crippen LogP contribution in [0.4, 0.5) is 14.6 Å². The average Bonchev–Trinajstić information content (AvgIpc) is 2.85. The maximum atomic E-state index is 14.1. The second-order valence-corrected chi connectivity index (χ2v) is 6.75. The summed E-state index contributed by atoms with van der Waals surface area (Å²) in [6, 6.07) is 5.26. The summed E-state index contributed by atoms with van der Waals surface area (Å²) in [6.07, 6.45) is -5.08. The van der Waals surface area contributed by atoms with Crippen LogP contribution >= 0.6 is 23.2 Å². The highest BCUT2D eigenvalue weighted by atomic mass is 35.5. The van der Waals surface area contributed by atoms with Gasteiger partial charge >= 0.3 is 11.6 Å². The molecule has 28 heavy (non-hydrogen) atoms.